The lowest BCUT2D eigenvalue weighted by Crippen LogP contribution is -2.26. The molecular formula is C20H19N5S2. The molecule has 27 heavy (non-hydrogen) atoms. The number of thiazole rings is 1. The van der Waals surface area contributed by atoms with Crippen LogP contribution in [0.15, 0.2) is 54.6 Å². The third-order valence-corrected chi connectivity index (χ3v) is 6.46. The highest BCUT2D eigenvalue weighted by Crippen LogP contribution is 2.36. The standard InChI is InChI=1S/C20H19N5S2/c26-20-22-18(14-7-2-1-3-8-14)23-25(20)13-24-12-6-10-16(24)19-21-15-9-4-5-11-17(15)27-19/h1-5,7-9,11,16H,6,10,12-13H2,(H,22,23,26)/t16-/m0/s1. The molecule has 7 heteroatoms. The molecule has 0 bridgehead atoms. The van der Waals surface area contributed by atoms with Gasteiger partial charge in [-0.2, -0.15) is 4.98 Å². The number of benzene rings is 2. The maximum atomic E-state index is 5.50. The quantitative estimate of drug-likeness (QED) is 0.495. The fourth-order valence-corrected chi connectivity index (χ4v) is 5.00. The summed E-state index contributed by atoms with van der Waals surface area (Å²) in [5.41, 5.74) is 2.14. The Morgan fingerprint density at radius 2 is 1.89 bits per heavy atom. The van der Waals surface area contributed by atoms with Crippen LogP contribution in [0.5, 0.6) is 0 Å². The Balaban J connectivity index is 1.41. The Labute approximate surface area is 166 Å². The minimum atomic E-state index is 0.341. The molecule has 1 aliphatic rings. The zero-order valence-corrected chi connectivity index (χ0v) is 16.3. The molecule has 0 spiro atoms. The maximum absolute atomic E-state index is 5.50. The number of likely N-dealkylation sites (tertiary alicyclic amines) is 1. The van der Waals surface area contributed by atoms with Crippen LogP contribution in [0.25, 0.3) is 21.6 Å². The van der Waals surface area contributed by atoms with E-state index < -0.39 is 0 Å². The first-order valence-corrected chi connectivity index (χ1v) is 10.3. The summed E-state index contributed by atoms with van der Waals surface area (Å²) in [6, 6.07) is 18.8. The SMILES string of the molecule is S=c1nc(-c2ccccc2)[nH]n1CN1CCC[C@H]1c1nc2ccccc2s1. The fourth-order valence-electron chi connectivity index (χ4n) is 3.67. The van der Waals surface area contributed by atoms with Crippen molar-refractivity contribution in [3.8, 4) is 11.4 Å². The van der Waals surface area contributed by atoms with E-state index in [9.17, 15) is 0 Å². The zero-order chi connectivity index (χ0) is 18.2. The van der Waals surface area contributed by atoms with Gasteiger partial charge in [-0.1, -0.05) is 42.5 Å². The largest absolute Gasteiger partial charge is 0.278 e. The summed E-state index contributed by atoms with van der Waals surface area (Å²) in [6.45, 7) is 1.75. The van der Waals surface area contributed by atoms with Crippen molar-refractivity contribution < 1.29 is 0 Å². The van der Waals surface area contributed by atoms with E-state index in [4.69, 9.17) is 17.2 Å². The lowest BCUT2D eigenvalue weighted by molar-refractivity contribution is 0.190. The maximum Gasteiger partial charge on any atom is 0.217 e. The van der Waals surface area contributed by atoms with Gasteiger partial charge >= 0.3 is 0 Å². The first kappa shape index (κ1) is 16.8. The van der Waals surface area contributed by atoms with Gasteiger partial charge in [-0.05, 0) is 37.2 Å². The number of aromatic amines is 1. The van der Waals surface area contributed by atoms with E-state index in [2.05, 4.69) is 33.2 Å². The van der Waals surface area contributed by atoms with Crippen LogP contribution in [-0.4, -0.2) is 31.2 Å². The Bertz CT molecular complexity index is 1090. The smallest absolute Gasteiger partial charge is 0.217 e. The van der Waals surface area contributed by atoms with Crippen LogP contribution in [0.3, 0.4) is 0 Å². The summed E-state index contributed by atoms with van der Waals surface area (Å²) in [4.78, 5) is 11.9. The lowest BCUT2D eigenvalue weighted by Gasteiger charge is -2.22. The van der Waals surface area contributed by atoms with Crippen LogP contribution in [0.4, 0.5) is 0 Å². The third kappa shape index (κ3) is 3.22. The molecule has 2 aromatic carbocycles. The minimum Gasteiger partial charge on any atom is -0.278 e. The molecule has 1 atom stereocenters. The fraction of sp³-hybridized carbons (Fsp3) is 0.250. The molecule has 0 aliphatic carbocycles. The number of H-pyrrole nitrogens is 1. The average Bonchev–Trinajstić information content (AvgIpc) is 3.41. The molecule has 1 saturated heterocycles. The molecule has 1 aliphatic heterocycles. The molecular weight excluding hydrogens is 374 g/mol. The molecule has 0 unspecified atom stereocenters. The van der Waals surface area contributed by atoms with Crippen molar-refractivity contribution in [3.63, 3.8) is 0 Å². The molecule has 136 valence electrons. The van der Waals surface area contributed by atoms with E-state index in [1.165, 1.54) is 16.1 Å². The zero-order valence-electron chi connectivity index (χ0n) is 14.7. The van der Waals surface area contributed by atoms with Gasteiger partial charge in [0.05, 0.1) is 22.9 Å². The number of rotatable bonds is 4. The van der Waals surface area contributed by atoms with Gasteiger partial charge in [0.15, 0.2) is 5.82 Å². The van der Waals surface area contributed by atoms with Gasteiger partial charge in [0.1, 0.15) is 5.01 Å². The van der Waals surface area contributed by atoms with Crippen molar-refractivity contribution in [2.24, 2.45) is 0 Å². The van der Waals surface area contributed by atoms with Crippen molar-refractivity contribution in [1.29, 1.82) is 0 Å². The second kappa shape index (κ2) is 6.99. The second-order valence-corrected chi connectivity index (χ2v) is 8.21. The molecule has 5 nitrogen and oxygen atoms in total. The summed E-state index contributed by atoms with van der Waals surface area (Å²) in [6.07, 6.45) is 2.31. The first-order chi connectivity index (χ1) is 13.3. The van der Waals surface area contributed by atoms with Crippen LogP contribution < -0.4 is 0 Å². The van der Waals surface area contributed by atoms with Crippen LogP contribution >= 0.6 is 23.6 Å². The normalized spacial score (nSPS) is 17.7. The molecule has 4 aromatic rings. The van der Waals surface area contributed by atoms with E-state index >= 15 is 0 Å². The molecule has 1 N–H and O–H groups in total. The summed E-state index contributed by atoms with van der Waals surface area (Å²) in [7, 11) is 0. The predicted octanol–water partition coefficient (Wildman–Crippen LogP) is 5.01. The first-order valence-electron chi connectivity index (χ1n) is 9.10. The molecule has 0 saturated carbocycles. The van der Waals surface area contributed by atoms with Gasteiger partial charge in [-0.25, -0.2) is 9.67 Å². The Kier molecular flexibility index (Phi) is 4.35. The summed E-state index contributed by atoms with van der Waals surface area (Å²) >= 11 is 7.30. The predicted molar refractivity (Wildman–Crippen MR) is 111 cm³/mol. The van der Waals surface area contributed by atoms with E-state index in [1.54, 1.807) is 11.3 Å². The Morgan fingerprint density at radius 3 is 2.74 bits per heavy atom. The van der Waals surface area contributed by atoms with E-state index in [0.717, 1.165) is 29.9 Å². The molecule has 2 aromatic heterocycles. The van der Waals surface area contributed by atoms with E-state index in [0.29, 0.717) is 17.5 Å². The summed E-state index contributed by atoms with van der Waals surface area (Å²) in [5, 5.41) is 4.56. The van der Waals surface area contributed by atoms with Gasteiger partial charge in [-0.15, -0.1) is 11.3 Å². The van der Waals surface area contributed by atoms with Crippen LogP contribution in [0.1, 0.15) is 23.9 Å². The number of hydrogen-bond acceptors (Lipinski definition) is 5. The van der Waals surface area contributed by atoms with Gasteiger partial charge in [-0.3, -0.25) is 10.00 Å². The number of fused-ring (bicyclic) bond motifs is 1. The molecule has 0 amide bonds. The Hall–Kier alpha value is -2.35. The van der Waals surface area contributed by atoms with Gasteiger partial charge in [0.25, 0.3) is 0 Å². The number of para-hydroxylation sites is 1. The topological polar surface area (TPSA) is 49.7 Å². The highest BCUT2D eigenvalue weighted by molar-refractivity contribution is 7.71. The lowest BCUT2D eigenvalue weighted by atomic mass is 10.2. The number of aromatic nitrogens is 4. The van der Waals surface area contributed by atoms with Gasteiger partial charge in [0.2, 0.25) is 4.77 Å². The van der Waals surface area contributed by atoms with Crippen molar-refractivity contribution >= 4 is 33.8 Å². The van der Waals surface area contributed by atoms with Gasteiger partial charge < -0.3 is 0 Å². The minimum absolute atomic E-state index is 0.341. The molecule has 5 rings (SSSR count). The average molecular weight is 394 g/mol. The van der Waals surface area contributed by atoms with E-state index in [-0.39, 0.29) is 0 Å². The van der Waals surface area contributed by atoms with Crippen molar-refractivity contribution in [3.05, 3.63) is 64.4 Å². The second-order valence-electron chi connectivity index (χ2n) is 6.78. The van der Waals surface area contributed by atoms with Crippen LogP contribution in [0, 0.1) is 4.77 Å². The van der Waals surface area contributed by atoms with E-state index in [1.807, 2.05) is 41.1 Å². The van der Waals surface area contributed by atoms with Crippen molar-refractivity contribution in [2.75, 3.05) is 6.54 Å². The number of nitrogens with zero attached hydrogens (tertiary/aromatic N) is 4. The summed E-state index contributed by atoms with van der Waals surface area (Å²) in [5.74, 6) is 0.816. The van der Waals surface area contributed by atoms with Crippen molar-refractivity contribution in [2.45, 2.75) is 25.6 Å². The van der Waals surface area contributed by atoms with Crippen LogP contribution in [-0.2, 0) is 6.67 Å². The summed E-state index contributed by atoms with van der Waals surface area (Å²) < 4.78 is 3.80. The molecule has 3 heterocycles. The molecule has 1 fully saturated rings. The highest BCUT2D eigenvalue weighted by Gasteiger charge is 2.29. The van der Waals surface area contributed by atoms with Gasteiger partial charge in [0, 0.05) is 12.1 Å². The third-order valence-electron chi connectivity index (χ3n) is 5.01. The van der Waals surface area contributed by atoms with Crippen molar-refractivity contribution in [1.82, 2.24) is 24.6 Å². The number of hydrogen-bond donors (Lipinski definition) is 1. The highest BCUT2D eigenvalue weighted by atomic mass is 32.1. The molecule has 0 radical (unpaired) electrons. The Morgan fingerprint density at radius 1 is 1.07 bits per heavy atom. The monoisotopic (exact) mass is 393 g/mol. The van der Waals surface area contributed by atoms with Crippen LogP contribution in [0.2, 0.25) is 0 Å². The number of nitrogens with one attached hydrogen (secondary N) is 1.